The molecule has 0 radical (unpaired) electrons. The molecule has 0 spiro atoms. The van der Waals surface area contributed by atoms with Gasteiger partial charge in [0.05, 0.1) is 12.2 Å². The summed E-state index contributed by atoms with van der Waals surface area (Å²) < 4.78 is 43.8. The van der Waals surface area contributed by atoms with Gasteiger partial charge in [-0.2, -0.15) is 13.2 Å². The van der Waals surface area contributed by atoms with Gasteiger partial charge in [0.15, 0.2) is 0 Å². The van der Waals surface area contributed by atoms with Gasteiger partial charge in [0.25, 0.3) is 0 Å². The molecule has 1 aliphatic carbocycles. The van der Waals surface area contributed by atoms with Gasteiger partial charge in [-0.15, -0.1) is 0 Å². The Labute approximate surface area is 117 Å². The van der Waals surface area contributed by atoms with Gasteiger partial charge in [0.1, 0.15) is 5.75 Å². The van der Waals surface area contributed by atoms with Crippen LogP contribution in [0, 0.1) is 5.92 Å². The Hall–Kier alpha value is -1.23. The van der Waals surface area contributed by atoms with Crippen LogP contribution in [0.2, 0.25) is 0 Å². The molecule has 1 fully saturated rings. The van der Waals surface area contributed by atoms with Crippen LogP contribution in [-0.4, -0.2) is 19.7 Å². The lowest BCUT2D eigenvalue weighted by Crippen LogP contribution is -2.29. The number of benzene rings is 1. The summed E-state index contributed by atoms with van der Waals surface area (Å²) in [5.74, 6) is 0.428. The number of hydrogen-bond acceptors (Lipinski definition) is 2. The van der Waals surface area contributed by atoms with E-state index < -0.39 is 11.7 Å². The molecular formula is C15H20F3NO. The zero-order valence-corrected chi connectivity index (χ0v) is 11.5. The number of para-hydroxylation sites is 1. The van der Waals surface area contributed by atoms with Gasteiger partial charge < -0.3 is 10.1 Å². The number of alkyl halides is 3. The van der Waals surface area contributed by atoms with Crippen LogP contribution in [0.15, 0.2) is 24.3 Å². The SMILES string of the molecule is CNC1CCCC1CCOc1ccccc1C(F)(F)F. The van der Waals surface area contributed by atoms with E-state index in [1.165, 1.54) is 18.6 Å². The summed E-state index contributed by atoms with van der Waals surface area (Å²) in [6.45, 7) is 0.329. The lowest BCUT2D eigenvalue weighted by atomic mass is 10.0. The Kier molecular flexibility index (Phi) is 4.91. The molecule has 1 aliphatic rings. The van der Waals surface area contributed by atoms with Gasteiger partial charge in [-0.25, -0.2) is 0 Å². The summed E-state index contributed by atoms with van der Waals surface area (Å²) in [6.07, 6.45) is -0.138. The minimum Gasteiger partial charge on any atom is -0.493 e. The van der Waals surface area contributed by atoms with Crippen molar-refractivity contribution in [3.63, 3.8) is 0 Å². The fourth-order valence-corrected chi connectivity index (χ4v) is 2.91. The smallest absolute Gasteiger partial charge is 0.419 e. The van der Waals surface area contributed by atoms with Crippen molar-refractivity contribution in [3.8, 4) is 5.75 Å². The van der Waals surface area contributed by atoms with Crippen LogP contribution in [0.3, 0.4) is 0 Å². The largest absolute Gasteiger partial charge is 0.493 e. The average Bonchev–Trinajstić information content (AvgIpc) is 2.85. The van der Waals surface area contributed by atoms with Crippen molar-refractivity contribution in [1.29, 1.82) is 0 Å². The van der Waals surface area contributed by atoms with E-state index >= 15 is 0 Å². The minimum absolute atomic E-state index is 0.0704. The molecule has 2 rings (SSSR count). The predicted molar refractivity (Wildman–Crippen MR) is 71.7 cm³/mol. The molecule has 0 saturated heterocycles. The van der Waals surface area contributed by atoms with Crippen molar-refractivity contribution in [3.05, 3.63) is 29.8 Å². The molecule has 5 heteroatoms. The Morgan fingerprint density at radius 3 is 2.70 bits per heavy atom. The molecule has 1 N–H and O–H groups in total. The van der Waals surface area contributed by atoms with E-state index in [4.69, 9.17) is 4.74 Å². The van der Waals surface area contributed by atoms with Gasteiger partial charge in [0, 0.05) is 6.04 Å². The van der Waals surface area contributed by atoms with E-state index in [1.54, 1.807) is 6.07 Å². The minimum atomic E-state index is -4.36. The molecule has 2 nitrogen and oxygen atoms in total. The lowest BCUT2D eigenvalue weighted by molar-refractivity contribution is -0.139. The Morgan fingerprint density at radius 2 is 2.00 bits per heavy atom. The molecule has 0 amide bonds. The van der Waals surface area contributed by atoms with E-state index in [0.717, 1.165) is 25.3 Å². The van der Waals surface area contributed by atoms with Crippen molar-refractivity contribution in [1.82, 2.24) is 5.32 Å². The summed E-state index contributed by atoms with van der Waals surface area (Å²) in [5, 5.41) is 3.26. The summed E-state index contributed by atoms with van der Waals surface area (Å²) in [7, 11) is 1.93. The van der Waals surface area contributed by atoms with Crippen LogP contribution in [0.4, 0.5) is 13.2 Å². The second kappa shape index (κ2) is 6.48. The quantitative estimate of drug-likeness (QED) is 0.888. The van der Waals surface area contributed by atoms with Crippen molar-refractivity contribution >= 4 is 0 Å². The molecule has 0 aromatic heterocycles. The summed E-state index contributed by atoms with van der Waals surface area (Å²) in [6, 6.07) is 5.85. The standard InChI is InChI=1S/C15H20F3NO/c1-19-13-7-4-5-11(13)9-10-20-14-8-3-2-6-12(14)15(16,17)18/h2-3,6,8,11,13,19H,4-5,7,9-10H2,1H3. The predicted octanol–water partition coefficient (Wildman–Crippen LogP) is 3.86. The number of nitrogens with one attached hydrogen (secondary N) is 1. The topological polar surface area (TPSA) is 21.3 Å². The maximum Gasteiger partial charge on any atom is 0.419 e. The van der Waals surface area contributed by atoms with Crippen LogP contribution in [0.1, 0.15) is 31.2 Å². The molecule has 1 aromatic rings. The van der Waals surface area contributed by atoms with Crippen LogP contribution in [0.25, 0.3) is 0 Å². The highest BCUT2D eigenvalue weighted by Crippen LogP contribution is 2.36. The van der Waals surface area contributed by atoms with Crippen LogP contribution in [-0.2, 0) is 6.18 Å². The number of rotatable bonds is 5. The highest BCUT2D eigenvalue weighted by atomic mass is 19.4. The Balaban J connectivity index is 1.91. The third kappa shape index (κ3) is 3.66. The number of halogens is 3. The molecule has 20 heavy (non-hydrogen) atoms. The molecule has 0 aliphatic heterocycles. The highest BCUT2D eigenvalue weighted by Gasteiger charge is 2.34. The summed E-state index contributed by atoms with van der Waals surface area (Å²) in [4.78, 5) is 0. The van der Waals surface area contributed by atoms with E-state index in [-0.39, 0.29) is 5.75 Å². The lowest BCUT2D eigenvalue weighted by Gasteiger charge is -2.20. The highest BCUT2D eigenvalue weighted by molar-refractivity contribution is 5.35. The second-order valence-electron chi connectivity index (χ2n) is 5.22. The zero-order valence-electron chi connectivity index (χ0n) is 11.5. The van der Waals surface area contributed by atoms with Gasteiger partial charge in [0.2, 0.25) is 0 Å². The maximum absolute atomic E-state index is 12.8. The molecule has 1 aromatic carbocycles. The summed E-state index contributed by atoms with van der Waals surface area (Å²) in [5.41, 5.74) is -0.698. The molecular weight excluding hydrogens is 267 g/mol. The fraction of sp³-hybridized carbons (Fsp3) is 0.600. The normalized spacial score (nSPS) is 23.0. The third-order valence-electron chi connectivity index (χ3n) is 3.97. The van der Waals surface area contributed by atoms with Gasteiger partial charge in [-0.05, 0) is 44.4 Å². The first-order valence-corrected chi connectivity index (χ1v) is 6.98. The van der Waals surface area contributed by atoms with Crippen LogP contribution in [0.5, 0.6) is 5.75 Å². The van der Waals surface area contributed by atoms with Gasteiger partial charge >= 0.3 is 6.18 Å². The number of ether oxygens (including phenoxy) is 1. The van der Waals surface area contributed by atoms with Gasteiger partial charge in [-0.1, -0.05) is 18.6 Å². The molecule has 0 heterocycles. The number of hydrogen-bond donors (Lipinski definition) is 1. The van der Waals surface area contributed by atoms with Crippen molar-refractivity contribution in [2.24, 2.45) is 5.92 Å². The van der Waals surface area contributed by atoms with E-state index in [2.05, 4.69) is 5.32 Å². The zero-order chi connectivity index (χ0) is 14.6. The Bertz CT molecular complexity index is 433. The van der Waals surface area contributed by atoms with Gasteiger partial charge in [-0.3, -0.25) is 0 Å². The van der Waals surface area contributed by atoms with Crippen LogP contribution >= 0.6 is 0 Å². The second-order valence-corrected chi connectivity index (χ2v) is 5.22. The maximum atomic E-state index is 12.8. The first-order valence-electron chi connectivity index (χ1n) is 6.98. The molecule has 1 saturated carbocycles. The molecule has 2 atom stereocenters. The molecule has 0 bridgehead atoms. The van der Waals surface area contributed by atoms with Crippen molar-refractivity contribution < 1.29 is 17.9 Å². The summed E-state index contributed by atoms with van der Waals surface area (Å²) >= 11 is 0. The monoisotopic (exact) mass is 287 g/mol. The van der Waals surface area contributed by atoms with Crippen molar-refractivity contribution in [2.75, 3.05) is 13.7 Å². The third-order valence-corrected chi connectivity index (χ3v) is 3.97. The molecule has 112 valence electrons. The van der Waals surface area contributed by atoms with Crippen LogP contribution < -0.4 is 10.1 Å². The fourth-order valence-electron chi connectivity index (χ4n) is 2.91. The molecule has 2 unspecified atom stereocenters. The first kappa shape index (κ1) is 15.2. The van der Waals surface area contributed by atoms with Crippen molar-refractivity contribution in [2.45, 2.75) is 37.9 Å². The first-order chi connectivity index (χ1) is 9.52. The van der Waals surface area contributed by atoms with E-state index in [1.807, 2.05) is 7.05 Å². The average molecular weight is 287 g/mol. The van der Waals surface area contributed by atoms with E-state index in [9.17, 15) is 13.2 Å². The Morgan fingerprint density at radius 1 is 1.25 bits per heavy atom. The van der Waals surface area contributed by atoms with E-state index in [0.29, 0.717) is 18.6 Å².